The fraction of sp³-hybridized carbons (Fsp3) is 0.375. The Hall–Kier alpha value is -0.720. The Morgan fingerprint density at radius 2 is 2.21 bits per heavy atom. The molecule has 2 atom stereocenters. The molecule has 1 aromatic heterocycles. The third kappa shape index (κ3) is 2.40. The first kappa shape index (κ1) is 11.4. The molecule has 0 aromatic carbocycles. The predicted octanol–water partition coefficient (Wildman–Crippen LogP) is 0.592. The molecular formula is C8H10BrFN2O2. The summed E-state index contributed by atoms with van der Waals surface area (Å²) in [4.78, 5) is 3.62. The van der Waals surface area contributed by atoms with E-state index in [2.05, 4.69) is 20.9 Å². The number of nitrogens with zero attached hydrogens (tertiary/aromatic N) is 1. The highest BCUT2D eigenvalue weighted by atomic mass is 79.9. The predicted molar refractivity (Wildman–Crippen MR) is 53.4 cm³/mol. The van der Waals surface area contributed by atoms with Crippen molar-refractivity contribution in [3.05, 3.63) is 23.8 Å². The first-order valence-electron chi connectivity index (χ1n) is 3.89. The van der Waals surface area contributed by atoms with Gasteiger partial charge in [-0.1, -0.05) is 15.9 Å². The number of aliphatic hydroxyl groups excluding tert-OH is 2. The van der Waals surface area contributed by atoms with Gasteiger partial charge >= 0.3 is 0 Å². The molecule has 0 saturated carbocycles. The van der Waals surface area contributed by atoms with E-state index in [-0.39, 0.29) is 16.7 Å². The molecule has 78 valence electrons. The number of halogens is 2. The summed E-state index contributed by atoms with van der Waals surface area (Å²) in [7, 11) is 0. The minimum atomic E-state index is -1.21. The van der Waals surface area contributed by atoms with E-state index in [0.29, 0.717) is 0 Å². The van der Waals surface area contributed by atoms with Crippen LogP contribution in [0, 0.1) is 5.82 Å². The summed E-state index contributed by atoms with van der Waals surface area (Å²) in [6, 6.07) is 1.05. The van der Waals surface area contributed by atoms with Gasteiger partial charge in [-0.3, -0.25) is 4.98 Å². The normalized spacial score (nSPS) is 15.1. The van der Waals surface area contributed by atoms with Gasteiger partial charge in [-0.25, -0.2) is 4.39 Å². The number of nitrogen functional groups attached to an aromatic ring is 1. The highest BCUT2D eigenvalue weighted by molar-refractivity contribution is 9.09. The van der Waals surface area contributed by atoms with Crippen LogP contribution in [0.25, 0.3) is 0 Å². The van der Waals surface area contributed by atoms with Crippen molar-refractivity contribution >= 4 is 21.6 Å². The van der Waals surface area contributed by atoms with Crippen molar-refractivity contribution in [1.82, 2.24) is 4.98 Å². The van der Waals surface area contributed by atoms with E-state index in [1.807, 2.05) is 0 Å². The van der Waals surface area contributed by atoms with Crippen LogP contribution >= 0.6 is 15.9 Å². The minimum absolute atomic E-state index is 0.0255. The molecule has 1 rings (SSSR count). The zero-order valence-electron chi connectivity index (χ0n) is 7.19. The van der Waals surface area contributed by atoms with Crippen LogP contribution < -0.4 is 5.73 Å². The molecule has 2 unspecified atom stereocenters. The van der Waals surface area contributed by atoms with Gasteiger partial charge in [0.2, 0.25) is 0 Å². The van der Waals surface area contributed by atoms with Crippen molar-refractivity contribution in [3.63, 3.8) is 0 Å². The van der Waals surface area contributed by atoms with E-state index in [9.17, 15) is 14.6 Å². The summed E-state index contributed by atoms with van der Waals surface area (Å²) in [5.41, 5.74) is 5.53. The average molecular weight is 265 g/mol. The Kier molecular flexibility index (Phi) is 3.79. The van der Waals surface area contributed by atoms with Gasteiger partial charge in [-0.2, -0.15) is 0 Å². The van der Waals surface area contributed by atoms with Crippen LogP contribution in [0.5, 0.6) is 0 Å². The highest BCUT2D eigenvalue weighted by Gasteiger charge is 2.20. The quantitative estimate of drug-likeness (QED) is 0.699. The molecule has 4 N–H and O–H groups in total. The number of aliphatic hydroxyl groups is 2. The van der Waals surface area contributed by atoms with Crippen molar-refractivity contribution in [2.45, 2.75) is 12.2 Å². The van der Waals surface area contributed by atoms with E-state index in [1.54, 1.807) is 0 Å². The molecule has 1 aromatic rings. The van der Waals surface area contributed by atoms with Crippen molar-refractivity contribution in [2.24, 2.45) is 0 Å². The Balaban J connectivity index is 2.95. The summed E-state index contributed by atoms with van der Waals surface area (Å²) in [6.45, 7) is 0. The summed E-state index contributed by atoms with van der Waals surface area (Å²) < 4.78 is 12.6. The third-order valence-electron chi connectivity index (χ3n) is 1.72. The molecule has 0 amide bonds. The van der Waals surface area contributed by atoms with Crippen LogP contribution in [0.4, 0.5) is 10.1 Å². The molecule has 6 heteroatoms. The van der Waals surface area contributed by atoms with Crippen LogP contribution in [0.2, 0.25) is 0 Å². The maximum absolute atomic E-state index is 12.6. The first-order valence-corrected chi connectivity index (χ1v) is 5.01. The molecule has 0 radical (unpaired) electrons. The number of anilines is 1. The summed E-state index contributed by atoms with van der Waals surface area (Å²) >= 11 is 3.00. The van der Waals surface area contributed by atoms with Crippen LogP contribution in [0.15, 0.2) is 12.3 Å². The van der Waals surface area contributed by atoms with E-state index in [0.717, 1.165) is 12.3 Å². The van der Waals surface area contributed by atoms with Gasteiger partial charge in [0.25, 0.3) is 0 Å². The van der Waals surface area contributed by atoms with Crippen molar-refractivity contribution in [2.75, 3.05) is 11.1 Å². The zero-order chi connectivity index (χ0) is 10.7. The van der Waals surface area contributed by atoms with Gasteiger partial charge in [-0.15, -0.1) is 0 Å². The molecule has 4 nitrogen and oxygen atoms in total. The zero-order valence-corrected chi connectivity index (χ0v) is 8.78. The van der Waals surface area contributed by atoms with Gasteiger partial charge in [0.1, 0.15) is 11.9 Å². The molecule has 0 aliphatic rings. The Labute approximate surface area is 88.7 Å². The lowest BCUT2D eigenvalue weighted by atomic mass is 10.1. The second kappa shape index (κ2) is 4.68. The van der Waals surface area contributed by atoms with Crippen molar-refractivity contribution in [1.29, 1.82) is 0 Å². The van der Waals surface area contributed by atoms with Crippen molar-refractivity contribution < 1.29 is 14.6 Å². The monoisotopic (exact) mass is 264 g/mol. The standard InChI is InChI=1S/C8H10BrFN2O2/c9-2-6(13)8(14)7-5(11)1-4(10)3-12-7/h1,3,6,8,13-14H,2,11H2. The number of aromatic nitrogens is 1. The fourth-order valence-electron chi connectivity index (χ4n) is 0.979. The SMILES string of the molecule is Nc1cc(F)cnc1C(O)C(O)CBr. The Bertz CT molecular complexity index is 324. The molecule has 0 fully saturated rings. The second-order valence-corrected chi connectivity index (χ2v) is 3.44. The van der Waals surface area contributed by atoms with E-state index in [4.69, 9.17) is 5.73 Å². The largest absolute Gasteiger partial charge is 0.397 e. The van der Waals surface area contributed by atoms with Crippen molar-refractivity contribution in [3.8, 4) is 0 Å². The lowest BCUT2D eigenvalue weighted by Gasteiger charge is -2.16. The van der Waals surface area contributed by atoms with Crippen LogP contribution in [0.1, 0.15) is 11.8 Å². The van der Waals surface area contributed by atoms with Crippen LogP contribution in [-0.4, -0.2) is 26.6 Å². The van der Waals surface area contributed by atoms with E-state index in [1.165, 1.54) is 0 Å². The summed E-state index contributed by atoms with van der Waals surface area (Å²) in [5, 5.41) is 19.0. The Morgan fingerprint density at radius 3 is 2.71 bits per heavy atom. The summed E-state index contributed by atoms with van der Waals surface area (Å²) in [5.74, 6) is -0.577. The number of nitrogens with two attached hydrogens (primary N) is 1. The number of alkyl halides is 1. The molecule has 0 aliphatic carbocycles. The van der Waals surface area contributed by atoms with Gasteiger partial charge in [0.05, 0.1) is 23.7 Å². The first-order chi connectivity index (χ1) is 6.56. The molecule has 0 saturated heterocycles. The van der Waals surface area contributed by atoms with Gasteiger partial charge in [-0.05, 0) is 0 Å². The number of rotatable bonds is 3. The lowest BCUT2D eigenvalue weighted by Crippen LogP contribution is -2.21. The van der Waals surface area contributed by atoms with Gasteiger partial charge in [0.15, 0.2) is 0 Å². The lowest BCUT2D eigenvalue weighted by molar-refractivity contribution is 0.0320. The second-order valence-electron chi connectivity index (χ2n) is 2.79. The molecule has 14 heavy (non-hydrogen) atoms. The number of pyridine rings is 1. The van der Waals surface area contributed by atoms with Gasteiger partial charge < -0.3 is 15.9 Å². The minimum Gasteiger partial charge on any atom is -0.397 e. The maximum Gasteiger partial charge on any atom is 0.143 e. The maximum atomic E-state index is 12.6. The van der Waals surface area contributed by atoms with E-state index >= 15 is 0 Å². The average Bonchev–Trinajstić information content (AvgIpc) is 2.15. The molecule has 0 aliphatic heterocycles. The fourth-order valence-corrected chi connectivity index (χ4v) is 1.33. The van der Waals surface area contributed by atoms with Crippen LogP contribution in [-0.2, 0) is 0 Å². The molecular weight excluding hydrogens is 255 g/mol. The van der Waals surface area contributed by atoms with Gasteiger partial charge in [0, 0.05) is 11.4 Å². The number of hydrogen-bond donors (Lipinski definition) is 3. The number of hydrogen-bond acceptors (Lipinski definition) is 4. The smallest absolute Gasteiger partial charge is 0.143 e. The topological polar surface area (TPSA) is 79.4 Å². The molecule has 0 spiro atoms. The van der Waals surface area contributed by atoms with E-state index < -0.39 is 18.0 Å². The highest BCUT2D eigenvalue weighted by Crippen LogP contribution is 2.22. The third-order valence-corrected chi connectivity index (χ3v) is 2.38. The molecule has 1 heterocycles. The molecule has 0 bridgehead atoms. The summed E-state index contributed by atoms with van der Waals surface area (Å²) in [6.07, 6.45) is -1.29. The van der Waals surface area contributed by atoms with Crippen LogP contribution in [0.3, 0.4) is 0 Å². The Morgan fingerprint density at radius 1 is 1.57 bits per heavy atom.